The van der Waals surface area contributed by atoms with Gasteiger partial charge in [0.05, 0.1) is 38.8 Å². The highest BCUT2D eigenvalue weighted by Crippen LogP contribution is 2.30. The summed E-state index contributed by atoms with van der Waals surface area (Å²) < 4.78 is 5.21. The summed E-state index contributed by atoms with van der Waals surface area (Å²) in [5.41, 5.74) is 2.13. The molecule has 0 radical (unpaired) electrons. The molecular weight excluding hydrogens is 286 g/mol. The highest BCUT2D eigenvalue weighted by molar-refractivity contribution is 5.31. The van der Waals surface area contributed by atoms with Gasteiger partial charge in [-0.3, -0.25) is 0 Å². The Balaban J connectivity index is 2.27. The van der Waals surface area contributed by atoms with Crippen molar-refractivity contribution in [2.45, 2.75) is 25.9 Å². The van der Waals surface area contributed by atoms with Crippen molar-refractivity contribution in [3.05, 3.63) is 65.7 Å². The second-order valence-corrected chi connectivity index (χ2v) is 5.90. The van der Waals surface area contributed by atoms with Gasteiger partial charge in [-0.05, 0) is 37.1 Å². The standard InChI is InChI=1S/C20H27NO2/c1-4-21(5-2)15-19(16-9-7-6-8-10-16)20(22)17-11-13-18(23-3)14-12-17/h6-14,19-20,22H,4-5,15H2,1-3H3/p+1. The molecule has 2 atom stereocenters. The van der Waals surface area contributed by atoms with Crippen molar-refractivity contribution in [2.24, 2.45) is 0 Å². The molecule has 0 aliphatic rings. The molecule has 0 aromatic heterocycles. The lowest BCUT2D eigenvalue weighted by Crippen LogP contribution is -3.12. The number of hydrogen-bond acceptors (Lipinski definition) is 2. The first-order chi connectivity index (χ1) is 11.2. The molecule has 2 N–H and O–H groups in total. The first-order valence-electron chi connectivity index (χ1n) is 8.40. The third kappa shape index (κ3) is 4.57. The van der Waals surface area contributed by atoms with Crippen molar-refractivity contribution in [3.8, 4) is 5.75 Å². The number of nitrogens with one attached hydrogen (secondary N) is 1. The normalized spacial score (nSPS) is 13.8. The largest absolute Gasteiger partial charge is 0.497 e. The van der Waals surface area contributed by atoms with Crippen LogP contribution in [0.1, 0.15) is 37.0 Å². The molecule has 3 heteroatoms. The fourth-order valence-corrected chi connectivity index (χ4v) is 3.00. The summed E-state index contributed by atoms with van der Waals surface area (Å²) in [7, 11) is 1.65. The summed E-state index contributed by atoms with van der Waals surface area (Å²) in [6.45, 7) is 7.44. The number of benzene rings is 2. The number of rotatable bonds is 8. The molecule has 0 fully saturated rings. The van der Waals surface area contributed by atoms with Gasteiger partial charge in [0.25, 0.3) is 0 Å². The van der Waals surface area contributed by atoms with E-state index in [0.717, 1.165) is 30.9 Å². The van der Waals surface area contributed by atoms with Crippen molar-refractivity contribution in [2.75, 3.05) is 26.7 Å². The van der Waals surface area contributed by atoms with Gasteiger partial charge in [0.2, 0.25) is 0 Å². The van der Waals surface area contributed by atoms with Gasteiger partial charge < -0.3 is 14.7 Å². The number of aliphatic hydroxyl groups is 1. The minimum Gasteiger partial charge on any atom is -0.497 e. The van der Waals surface area contributed by atoms with E-state index in [1.807, 2.05) is 42.5 Å². The number of aliphatic hydroxyl groups excluding tert-OH is 1. The van der Waals surface area contributed by atoms with Crippen LogP contribution in [0, 0.1) is 0 Å². The average Bonchev–Trinajstić information content (AvgIpc) is 2.63. The van der Waals surface area contributed by atoms with Crippen LogP contribution in [0.15, 0.2) is 54.6 Å². The predicted octanol–water partition coefficient (Wildman–Crippen LogP) is 2.44. The van der Waals surface area contributed by atoms with Gasteiger partial charge in [0.1, 0.15) is 5.75 Å². The molecule has 2 aromatic rings. The predicted molar refractivity (Wildman–Crippen MR) is 94.0 cm³/mol. The van der Waals surface area contributed by atoms with Crippen LogP contribution in [0.5, 0.6) is 5.75 Å². The molecule has 23 heavy (non-hydrogen) atoms. The first kappa shape index (κ1) is 17.5. The van der Waals surface area contributed by atoms with Gasteiger partial charge in [-0.15, -0.1) is 0 Å². The molecule has 0 aliphatic heterocycles. The van der Waals surface area contributed by atoms with Gasteiger partial charge in [0, 0.05) is 0 Å². The molecule has 0 saturated carbocycles. The summed E-state index contributed by atoms with van der Waals surface area (Å²) in [5, 5.41) is 11.0. The number of quaternary nitrogens is 1. The van der Waals surface area contributed by atoms with Crippen LogP contribution >= 0.6 is 0 Å². The Hall–Kier alpha value is -1.84. The highest BCUT2D eigenvalue weighted by Gasteiger charge is 2.26. The molecule has 0 amide bonds. The van der Waals surface area contributed by atoms with E-state index in [1.165, 1.54) is 10.5 Å². The van der Waals surface area contributed by atoms with Gasteiger partial charge in [-0.1, -0.05) is 42.5 Å². The third-order valence-electron chi connectivity index (χ3n) is 4.57. The Labute approximate surface area is 139 Å². The number of hydrogen-bond donors (Lipinski definition) is 2. The van der Waals surface area contributed by atoms with Crippen LogP contribution in [0.4, 0.5) is 0 Å². The zero-order chi connectivity index (χ0) is 16.7. The molecular formula is C20H28NO2+. The van der Waals surface area contributed by atoms with Crippen molar-refractivity contribution < 1.29 is 14.7 Å². The second kappa shape index (κ2) is 8.70. The second-order valence-electron chi connectivity index (χ2n) is 5.90. The topological polar surface area (TPSA) is 33.9 Å². The summed E-state index contributed by atoms with van der Waals surface area (Å²) in [4.78, 5) is 1.49. The van der Waals surface area contributed by atoms with E-state index in [0.29, 0.717) is 0 Å². The Morgan fingerprint density at radius 2 is 1.52 bits per heavy atom. The van der Waals surface area contributed by atoms with E-state index < -0.39 is 6.10 Å². The maximum absolute atomic E-state index is 11.0. The van der Waals surface area contributed by atoms with Gasteiger partial charge >= 0.3 is 0 Å². The van der Waals surface area contributed by atoms with E-state index in [2.05, 4.69) is 26.0 Å². The fraction of sp³-hybridized carbons (Fsp3) is 0.400. The monoisotopic (exact) mass is 314 g/mol. The molecule has 124 valence electrons. The number of methoxy groups -OCH3 is 1. The minimum atomic E-state index is -0.517. The van der Waals surface area contributed by atoms with Crippen LogP contribution < -0.4 is 9.64 Å². The first-order valence-corrected chi connectivity index (χ1v) is 8.40. The Morgan fingerprint density at radius 1 is 0.913 bits per heavy atom. The van der Waals surface area contributed by atoms with E-state index in [-0.39, 0.29) is 5.92 Å². The summed E-state index contributed by atoms with van der Waals surface area (Å²) >= 11 is 0. The van der Waals surface area contributed by atoms with E-state index >= 15 is 0 Å². The van der Waals surface area contributed by atoms with E-state index in [1.54, 1.807) is 7.11 Å². The molecule has 0 spiro atoms. The maximum Gasteiger partial charge on any atom is 0.118 e. The molecule has 3 nitrogen and oxygen atoms in total. The fourth-order valence-electron chi connectivity index (χ4n) is 3.00. The lowest BCUT2D eigenvalue weighted by atomic mass is 9.88. The Morgan fingerprint density at radius 3 is 2.04 bits per heavy atom. The zero-order valence-electron chi connectivity index (χ0n) is 14.3. The van der Waals surface area contributed by atoms with Crippen molar-refractivity contribution >= 4 is 0 Å². The lowest BCUT2D eigenvalue weighted by Gasteiger charge is -2.27. The number of ether oxygens (including phenoxy) is 1. The highest BCUT2D eigenvalue weighted by atomic mass is 16.5. The maximum atomic E-state index is 11.0. The molecule has 0 bridgehead atoms. The summed E-state index contributed by atoms with van der Waals surface area (Å²) in [6, 6.07) is 18.1. The van der Waals surface area contributed by atoms with Gasteiger partial charge in [-0.2, -0.15) is 0 Å². The van der Waals surface area contributed by atoms with Crippen molar-refractivity contribution in [1.29, 1.82) is 0 Å². The van der Waals surface area contributed by atoms with Gasteiger partial charge in [0.15, 0.2) is 0 Å². The Bertz CT molecular complexity index is 564. The van der Waals surface area contributed by atoms with Crippen LogP contribution in [0.2, 0.25) is 0 Å². The lowest BCUT2D eigenvalue weighted by molar-refractivity contribution is -0.898. The van der Waals surface area contributed by atoms with Crippen LogP contribution in [0.25, 0.3) is 0 Å². The molecule has 0 aliphatic carbocycles. The minimum absolute atomic E-state index is 0.0829. The van der Waals surface area contributed by atoms with Crippen LogP contribution in [0.3, 0.4) is 0 Å². The molecule has 0 heterocycles. The van der Waals surface area contributed by atoms with Crippen LogP contribution in [-0.4, -0.2) is 31.9 Å². The van der Waals surface area contributed by atoms with E-state index in [4.69, 9.17) is 4.74 Å². The molecule has 2 rings (SSSR count). The van der Waals surface area contributed by atoms with E-state index in [9.17, 15) is 5.11 Å². The summed E-state index contributed by atoms with van der Waals surface area (Å²) in [5.74, 6) is 0.895. The molecule has 2 aromatic carbocycles. The molecule has 0 saturated heterocycles. The quantitative estimate of drug-likeness (QED) is 0.785. The van der Waals surface area contributed by atoms with Crippen molar-refractivity contribution in [1.82, 2.24) is 0 Å². The Kier molecular flexibility index (Phi) is 6.63. The SMILES string of the molecule is CC[NH+](CC)CC(c1ccccc1)C(O)c1ccc(OC)cc1. The average molecular weight is 314 g/mol. The van der Waals surface area contributed by atoms with Crippen LogP contribution in [-0.2, 0) is 0 Å². The molecule has 2 unspecified atom stereocenters. The zero-order valence-corrected chi connectivity index (χ0v) is 14.3. The summed E-state index contributed by atoms with van der Waals surface area (Å²) in [6.07, 6.45) is -0.517. The van der Waals surface area contributed by atoms with Gasteiger partial charge in [-0.25, -0.2) is 0 Å². The smallest absolute Gasteiger partial charge is 0.118 e. The number of likely N-dealkylation sites (N-methyl/N-ethyl adjacent to an activating group) is 1. The third-order valence-corrected chi connectivity index (χ3v) is 4.57. The van der Waals surface area contributed by atoms with Crippen molar-refractivity contribution in [3.63, 3.8) is 0 Å².